The topological polar surface area (TPSA) is 49.8 Å². The Labute approximate surface area is 110 Å². The predicted molar refractivity (Wildman–Crippen MR) is 71.7 cm³/mol. The van der Waals surface area contributed by atoms with Crippen molar-refractivity contribution < 1.29 is 14.6 Å². The minimum Gasteiger partial charge on any atom is -0.481 e. The average Bonchev–Trinajstić information content (AvgIpc) is 2.71. The van der Waals surface area contributed by atoms with Crippen LogP contribution in [0.1, 0.15) is 40.0 Å². The summed E-state index contributed by atoms with van der Waals surface area (Å²) in [6, 6.07) is 0.327. The Hall–Kier alpha value is -0.610. The van der Waals surface area contributed by atoms with E-state index in [0.29, 0.717) is 25.1 Å². The molecule has 2 unspecified atom stereocenters. The summed E-state index contributed by atoms with van der Waals surface area (Å²) in [7, 11) is 1.71. The van der Waals surface area contributed by atoms with Gasteiger partial charge in [-0.2, -0.15) is 0 Å². The minimum atomic E-state index is -0.633. The van der Waals surface area contributed by atoms with Gasteiger partial charge in [-0.25, -0.2) is 0 Å². The summed E-state index contributed by atoms with van der Waals surface area (Å²) in [5.41, 5.74) is -0.532. The van der Waals surface area contributed by atoms with Crippen LogP contribution in [0.3, 0.4) is 0 Å². The number of methoxy groups -OCH3 is 1. The van der Waals surface area contributed by atoms with Crippen LogP contribution in [0, 0.1) is 11.3 Å². The molecular formula is C14H27NO3. The van der Waals surface area contributed by atoms with Crippen LogP contribution in [0.15, 0.2) is 0 Å². The first-order valence-electron chi connectivity index (χ1n) is 6.93. The van der Waals surface area contributed by atoms with Gasteiger partial charge in [0.1, 0.15) is 0 Å². The Kier molecular flexibility index (Phi) is 5.60. The van der Waals surface area contributed by atoms with E-state index in [9.17, 15) is 9.90 Å². The van der Waals surface area contributed by atoms with Crippen molar-refractivity contribution in [1.82, 2.24) is 4.90 Å². The van der Waals surface area contributed by atoms with Crippen molar-refractivity contribution in [2.24, 2.45) is 11.3 Å². The fourth-order valence-electron chi connectivity index (χ4n) is 3.04. The van der Waals surface area contributed by atoms with Gasteiger partial charge in [-0.15, -0.1) is 0 Å². The fraction of sp³-hybridized carbons (Fsp3) is 0.929. The molecule has 4 nitrogen and oxygen atoms in total. The molecule has 1 saturated heterocycles. The molecule has 0 amide bonds. The number of hydrogen-bond donors (Lipinski definition) is 1. The van der Waals surface area contributed by atoms with Gasteiger partial charge in [-0.1, -0.05) is 27.2 Å². The number of carboxylic acids is 1. The molecule has 106 valence electrons. The first kappa shape index (κ1) is 15.4. The second kappa shape index (κ2) is 6.53. The lowest BCUT2D eigenvalue weighted by molar-refractivity contribution is -0.148. The Morgan fingerprint density at radius 2 is 2.17 bits per heavy atom. The summed E-state index contributed by atoms with van der Waals surface area (Å²) in [5.74, 6) is -0.150. The van der Waals surface area contributed by atoms with Gasteiger partial charge in [-0.3, -0.25) is 9.69 Å². The molecule has 1 aliphatic heterocycles. The maximum absolute atomic E-state index is 11.6. The fourth-order valence-corrected chi connectivity index (χ4v) is 3.04. The third-order valence-electron chi connectivity index (χ3n) is 4.14. The molecule has 0 aromatic carbocycles. The van der Waals surface area contributed by atoms with E-state index in [4.69, 9.17) is 4.74 Å². The smallest absolute Gasteiger partial charge is 0.310 e. The molecule has 1 rings (SSSR count). The minimum absolute atomic E-state index is 0.327. The molecule has 4 heteroatoms. The van der Waals surface area contributed by atoms with Crippen LogP contribution in [0.4, 0.5) is 0 Å². The number of ether oxygens (including phenoxy) is 1. The number of carboxylic acid groups (broad SMARTS) is 1. The van der Waals surface area contributed by atoms with Gasteiger partial charge in [-0.05, 0) is 25.3 Å². The Balaban J connectivity index is 2.75. The lowest BCUT2D eigenvalue weighted by Gasteiger charge is -2.32. The van der Waals surface area contributed by atoms with E-state index >= 15 is 0 Å². The zero-order valence-corrected chi connectivity index (χ0v) is 12.1. The third kappa shape index (κ3) is 3.23. The van der Waals surface area contributed by atoms with Crippen molar-refractivity contribution in [3.8, 4) is 0 Å². The number of rotatable bonds is 7. The molecular weight excluding hydrogens is 230 g/mol. The van der Waals surface area contributed by atoms with E-state index in [-0.39, 0.29) is 0 Å². The van der Waals surface area contributed by atoms with Crippen molar-refractivity contribution in [1.29, 1.82) is 0 Å². The predicted octanol–water partition coefficient (Wildman–Crippen LogP) is 2.23. The van der Waals surface area contributed by atoms with Crippen molar-refractivity contribution in [3.05, 3.63) is 0 Å². The number of likely N-dealkylation sites (tertiary alicyclic amines) is 1. The highest BCUT2D eigenvalue weighted by Crippen LogP contribution is 2.37. The molecule has 1 aliphatic rings. The highest BCUT2D eigenvalue weighted by Gasteiger charge is 2.45. The molecule has 0 bridgehead atoms. The third-order valence-corrected chi connectivity index (χ3v) is 4.14. The molecule has 0 aromatic rings. The van der Waals surface area contributed by atoms with Gasteiger partial charge in [0.2, 0.25) is 0 Å². The first-order valence-corrected chi connectivity index (χ1v) is 6.93. The van der Waals surface area contributed by atoms with Gasteiger partial charge in [0.15, 0.2) is 0 Å². The Morgan fingerprint density at radius 1 is 1.50 bits per heavy atom. The van der Waals surface area contributed by atoms with Crippen LogP contribution in [0.25, 0.3) is 0 Å². The first-order chi connectivity index (χ1) is 8.46. The maximum Gasteiger partial charge on any atom is 0.310 e. The monoisotopic (exact) mass is 257 g/mol. The molecule has 0 saturated carbocycles. The molecule has 1 N–H and O–H groups in total. The average molecular weight is 257 g/mol. The van der Waals surface area contributed by atoms with E-state index in [1.807, 2.05) is 0 Å². The van der Waals surface area contributed by atoms with Gasteiger partial charge in [0.05, 0.1) is 12.0 Å². The lowest BCUT2D eigenvalue weighted by atomic mass is 9.82. The maximum atomic E-state index is 11.6. The summed E-state index contributed by atoms with van der Waals surface area (Å²) in [6.45, 7) is 8.62. The summed E-state index contributed by atoms with van der Waals surface area (Å²) in [5, 5.41) is 9.51. The van der Waals surface area contributed by atoms with E-state index < -0.39 is 11.4 Å². The van der Waals surface area contributed by atoms with Gasteiger partial charge < -0.3 is 9.84 Å². The SMILES string of the molecule is CCCC1(C(=O)O)CCN(C(COC)C(C)C)C1. The van der Waals surface area contributed by atoms with Crippen molar-refractivity contribution in [3.63, 3.8) is 0 Å². The second-order valence-electron chi connectivity index (χ2n) is 5.82. The molecule has 18 heavy (non-hydrogen) atoms. The van der Waals surface area contributed by atoms with E-state index in [1.54, 1.807) is 7.11 Å². The van der Waals surface area contributed by atoms with Crippen LogP contribution in [0.2, 0.25) is 0 Å². The second-order valence-corrected chi connectivity index (χ2v) is 5.82. The van der Waals surface area contributed by atoms with Gasteiger partial charge in [0, 0.05) is 19.7 Å². The quantitative estimate of drug-likeness (QED) is 0.760. The number of hydrogen-bond acceptors (Lipinski definition) is 3. The Morgan fingerprint density at radius 3 is 2.61 bits per heavy atom. The van der Waals surface area contributed by atoms with Gasteiger partial charge >= 0.3 is 5.97 Å². The highest BCUT2D eigenvalue weighted by molar-refractivity contribution is 5.75. The summed E-state index contributed by atoms with van der Waals surface area (Å²) < 4.78 is 5.28. The summed E-state index contributed by atoms with van der Waals surface area (Å²) in [6.07, 6.45) is 2.47. The van der Waals surface area contributed by atoms with E-state index in [2.05, 4.69) is 25.7 Å². The van der Waals surface area contributed by atoms with Crippen LogP contribution < -0.4 is 0 Å². The number of nitrogens with zero attached hydrogens (tertiary/aromatic N) is 1. The van der Waals surface area contributed by atoms with E-state index in [0.717, 1.165) is 25.8 Å². The zero-order chi connectivity index (χ0) is 13.8. The van der Waals surface area contributed by atoms with Crippen molar-refractivity contribution >= 4 is 5.97 Å². The van der Waals surface area contributed by atoms with E-state index in [1.165, 1.54) is 0 Å². The molecule has 1 fully saturated rings. The largest absolute Gasteiger partial charge is 0.481 e. The summed E-state index contributed by atoms with van der Waals surface area (Å²) >= 11 is 0. The standard InChI is InChI=1S/C14H27NO3/c1-5-6-14(13(16)17)7-8-15(10-14)12(9-18-4)11(2)3/h11-12H,5-10H2,1-4H3,(H,16,17). The Bertz CT molecular complexity index is 280. The van der Waals surface area contributed by atoms with Gasteiger partial charge in [0.25, 0.3) is 0 Å². The van der Waals surface area contributed by atoms with Crippen molar-refractivity contribution in [2.45, 2.75) is 46.1 Å². The molecule has 0 radical (unpaired) electrons. The normalized spacial score (nSPS) is 26.7. The molecule has 0 aromatic heterocycles. The highest BCUT2D eigenvalue weighted by atomic mass is 16.5. The lowest BCUT2D eigenvalue weighted by Crippen LogP contribution is -2.43. The molecule has 0 aliphatic carbocycles. The van der Waals surface area contributed by atoms with Crippen LogP contribution >= 0.6 is 0 Å². The molecule has 1 heterocycles. The van der Waals surface area contributed by atoms with Crippen LogP contribution in [-0.4, -0.2) is 48.8 Å². The molecule has 2 atom stereocenters. The van der Waals surface area contributed by atoms with Crippen LogP contribution in [-0.2, 0) is 9.53 Å². The molecule has 0 spiro atoms. The summed E-state index contributed by atoms with van der Waals surface area (Å²) in [4.78, 5) is 13.9. The number of aliphatic carboxylic acids is 1. The van der Waals surface area contributed by atoms with Crippen LogP contribution in [0.5, 0.6) is 0 Å². The number of carbonyl (C=O) groups is 1. The zero-order valence-electron chi connectivity index (χ0n) is 12.1. The van der Waals surface area contributed by atoms with Crippen molar-refractivity contribution in [2.75, 3.05) is 26.8 Å².